The second-order valence-corrected chi connectivity index (χ2v) is 6.09. The van der Waals surface area contributed by atoms with Gasteiger partial charge >= 0.3 is 0 Å². The van der Waals surface area contributed by atoms with Crippen molar-refractivity contribution in [1.29, 1.82) is 0 Å². The Morgan fingerprint density at radius 1 is 1.50 bits per heavy atom. The molecule has 0 atom stereocenters. The summed E-state index contributed by atoms with van der Waals surface area (Å²) in [5.74, 6) is 1.14. The Bertz CT molecular complexity index is 513. The molecule has 18 heavy (non-hydrogen) atoms. The molecule has 0 aliphatic carbocycles. The number of nitrogens with zero attached hydrogens (tertiary/aromatic N) is 3. The fraction of sp³-hybridized carbons (Fsp3) is 0.333. The van der Waals surface area contributed by atoms with Crippen LogP contribution in [0.2, 0.25) is 0 Å². The highest BCUT2D eigenvalue weighted by molar-refractivity contribution is 9.10. The Kier molecular flexibility index (Phi) is 4.19. The van der Waals surface area contributed by atoms with Crippen LogP contribution in [0.15, 0.2) is 28.2 Å². The molecule has 0 aliphatic heterocycles. The van der Waals surface area contributed by atoms with Gasteiger partial charge in [0.1, 0.15) is 5.82 Å². The quantitative estimate of drug-likeness (QED) is 0.936. The largest absolute Gasteiger partial charge is 0.368 e. The highest BCUT2D eigenvalue weighted by Gasteiger charge is 2.17. The van der Waals surface area contributed by atoms with Gasteiger partial charge in [0.15, 0.2) is 0 Å². The van der Waals surface area contributed by atoms with E-state index in [9.17, 15) is 0 Å². The van der Waals surface area contributed by atoms with E-state index in [-0.39, 0.29) is 0 Å². The maximum Gasteiger partial charge on any atom is 0.222 e. The van der Waals surface area contributed by atoms with Crippen LogP contribution < -0.4 is 10.6 Å². The summed E-state index contributed by atoms with van der Waals surface area (Å²) in [7, 11) is 0. The second kappa shape index (κ2) is 5.67. The molecule has 0 unspecified atom stereocenters. The van der Waals surface area contributed by atoms with Crippen molar-refractivity contribution in [2.45, 2.75) is 26.4 Å². The molecule has 0 saturated carbocycles. The van der Waals surface area contributed by atoms with E-state index in [0.717, 1.165) is 16.8 Å². The van der Waals surface area contributed by atoms with E-state index in [4.69, 9.17) is 5.73 Å². The van der Waals surface area contributed by atoms with E-state index >= 15 is 0 Å². The van der Waals surface area contributed by atoms with Crippen LogP contribution in [-0.2, 0) is 6.54 Å². The first-order valence-electron chi connectivity index (χ1n) is 5.65. The van der Waals surface area contributed by atoms with Gasteiger partial charge in [-0.1, -0.05) is 6.07 Å². The zero-order valence-electron chi connectivity index (χ0n) is 10.3. The molecule has 2 rings (SSSR count). The molecule has 0 radical (unpaired) electrons. The molecule has 96 valence electrons. The Hall–Kier alpha value is -1.14. The first-order chi connectivity index (χ1) is 8.58. The monoisotopic (exact) mass is 326 g/mol. The zero-order valence-corrected chi connectivity index (χ0v) is 12.7. The van der Waals surface area contributed by atoms with Crippen molar-refractivity contribution in [3.05, 3.63) is 33.1 Å². The van der Waals surface area contributed by atoms with E-state index in [1.807, 2.05) is 0 Å². The van der Waals surface area contributed by atoms with Gasteiger partial charge < -0.3 is 10.6 Å². The van der Waals surface area contributed by atoms with Crippen LogP contribution in [0.5, 0.6) is 0 Å². The second-order valence-electron chi connectivity index (χ2n) is 4.20. The number of hydrogen-bond acceptors (Lipinski definition) is 5. The van der Waals surface area contributed by atoms with E-state index in [0.29, 0.717) is 12.0 Å². The molecular formula is C12H15BrN4S. The van der Waals surface area contributed by atoms with Crippen LogP contribution >= 0.6 is 27.3 Å². The van der Waals surface area contributed by atoms with Gasteiger partial charge in [0.05, 0.1) is 11.0 Å². The Morgan fingerprint density at radius 3 is 2.89 bits per heavy atom. The third-order valence-corrected chi connectivity index (χ3v) is 3.97. The zero-order chi connectivity index (χ0) is 13.1. The Morgan fingerprint density at radius 2 is 2.28 bits per heavy atom. The molecule has 0 amide bonds. The summed E-state index contributed by atoms with van der Waals surface area (Å²) in [5, 5.41) is 2.08. The molecule has 2 N–H and O–H groups in total. The van der Waals surface area contributed by atoms with Crippen molar-refractivity contribution in [3.8, 4) is 0 Å². The smallest absolute Gasteiger partial charge is 0.222 e. The van der Waals surface area contributed by atoms with E-state index in [2.05, 4.69) is 62.2 Å². The summed E-state index contributed by atoms with van der Waals surface area (Å²) in [6.45, 7) is 5.10. The molecule has 0 bridgehead atoms. The molecule has 4 nitrogen and oxygen atoms in total. The number of thiophene rings is 1. The molecule has 0 aromatic carbocycles. The molecule has 0 fully saturated rings. The summed E-state index contributed by atoms with van der Waals surface area (Å²) in [6.07, 6.45) is 1.70. The third-order valence-electron chi connectivity index (χ3n) is 2.55. The van der Waals surface area contributed by atoms with E-state index in [1.165, 1.54) is 4.88 Å². The minimum Gasteiger partial charge on any atom is -0.368 e. The average molecular weight is 327 g/mol. The molecular weight excluding hydrogens is 312 g/mol. The van der Waals surface area contributed by atoms with Gasteiger partial charge in [-0.15, -0.1) is 11.3 Å². The lowest BCUT2D eigenvalue weighted by atomic mass is 10.3. The van der Waals surface area contributed by atoms with Gasteiger partial charge in [0, 0.05) is 17.1 Å². The lowest BCUT2D eigenvalue weighted by molar-refractivity contribution is 0.674. The van der Waals surface area contributed by atoms with Gasteiger partial charge in [-0.2, -0.15) is 4.98 Å². The number of hydrogen-bond donors (Lipinski definition) is 1. The van der Waals surface area contributed by atoms with E-state index < -0.39 is 0 Å². The summed E-state index contributed by atoms with van der Waals surface area (Å²) < 4.78 is 0.863. The fourth-order valence-corrected chi connectivity index (χ4v) is 2.77. The maximum absolute atomic E-state index is 5.67. The van der Waals surface area contributed by atoms with Crippen LogP contribution in [0.3, 0.4) is 0 Å². The molecule has 2 heterocycles. The minimum absolute atomic E-state index is 0.296. The number of aromatic nitrogens is 2. The summed E-state index contributed by atoms with van der Waals surface area (Å²) >= 11 is 5.23. The van der Waals surface area contributed by atoms with Crippen molar-refractivity contribution >= 4 is 39.0 Å². The standard InChI is InChI=1S/C12H15BrN4S/c1-8(2)17(7-9-4-3-5-18-9)11-10(13)6-15-12(14)16-11/h3-6,8H,7H2,1-2H3,(H2,14,15,16). The van der Waals surface area contributed by atoms with Gasteiger partial charge in [-0.25, -0.2) is 4.98 Å². The lowest BCUT2D eigenvalue weighted by Gasteiger charge is -2.28. The molecule has 0 saturated heterocycles. The average Bonchev–Trinajstić information content (AvgIpc) is 2.82. The van der Waals surface area contributed by atoms with Gasteiger partial charge in [-0.05, 0) is 41.2 Å². The molecule has 0 spiro atoms. The predicted octanol–water partition coefficient (Wildman–Crippen LogP) is 3.30. The van der Waals surface area contributed by atoms with Crippen molar-refractivity contribution in [2.24, 2.45) is 0 Å². The van der Waals surface area contributed by atoms with E-state index in [1.54, 1.807) is 17.5 Å². The van der Waals surface area contributed by atoms with Crippen molar-refractivity contribution in [3.63, 3.8) is 0 Å². The van der Waals surface area contributed by atoms with Gasteiger partial charge in [-0.3, -0.25) is 0 Å². The summed E-state index contributed by atoms with van der Waals surface area (Å²) in [6, 6.07) is 4.51. The number of nitrogens with two attached hydrogens (primary N) is 1. The van der Waals surface area contributed by atoms with Crippen LogP contribution in [-0.4, -0.2) is 16.0 Å². The lowest BCUT2D eigenvalue weighted by Crippen LogP contribution is -2.31. The Labute approximate surface area is 119 Å². The summed E-state index contributed by atoms with van der Waals surface area (Å²) in [4.78, 5) is 11.8. The fourth-order valence-electron chi connectivity index (χ4n) is 1.65. The van der Waals surface area contributed by atoms with Crippen LogP contribution in [0, 0.1) is 0 Å². The SMILES string of the molecule is CC(C)N(Cc1cccs1)c1nc(N)ncc1Br. The van der Waals surface area contributed by atoms with Gasteiger partial charge in [0.2, 0.25) is 5.95 Å². The highest BCUT2D eigenvalue weighted by atomic mass is 79.9. The first-order valence-corrected chi connectivity index (χ1v) is 7.32. The predicted molar refractivity (Wildman–Crippen MR) is 79.8 cm³/mol. The minimum atomic E-state index is 0.296. The van der Waals surface area contributed by atoms with Crippen LogP contribution in [0.4, 0.5) is 11.8 Å². The molecule has 6 heteroatoms. The number of halogens is 1. The third kappa shape index (κ3) is 3.00. The normalized spacial score (nSPS) is 10.9. The van der Waals surface area contributed by atoms with Gasteiger partial charge in [0.25, 0.3) is 0 Å². The van der Waals surface area contributed by atoms with Crippen LogP contribution in [0.1, 0.15) is 18.7 Å². The molecule has 0 aliphatic rings. The Balaban J connectivity index is 2.32. The summed E-state index contributed by atoms with van der Waals surface area (Å²) in [5.41, 5.74) is 5.67. The van der Waals surface area contributed by atoms with Crippen molar-refractivity contribution in [1.82, 2.24) is 9.97 Å². The number of nitrogen functional groups attached to an aromatic ring is 1. The maximum atomic E-state index is 5.67. The first kappa shape index (κ1) is 13.3. The molecule has 2 aromatic rings. The topological polar surface area (TPSA) is 55.0 Å². The number of anilines is 2. The molecule has 2 aromatic heterocycles. The van der Waals surface area contributed by atoms with Crippen LogP contribution in [0.25, 0.3) is 0 Å². The van der Waals surface area contributed by atoms with Crippen molar-refractivity contribution < 1.29 is 0 Å². The highest BCUT2D eigenvalue weighted by Crippen LogP contribution is 2.27. The number of rotatable bonds is 4. The van der Waals surface area contributed by atoms with Crippen molar-refractivity contribution in [2.75, 3.05) is 10.6 Å².